The number of carboxylic acid groups (broad SMARTS) is 1. The molecule has 1 fully saturated rings. The summed E-state index contributed by atoms with van der Waals surface area (Å²) in [7, 11) is 0. The Bertz CT molecular complexity index is 463. The van der Waals surface area contributed by atoms with Crippen LogP contribution in [0.1, 0.15) is 42.7 Å². The second-order valence-corrected chi connectivity index (χ2v) is 4.94. The Morgan fingerprint density at radius 1 is 1.38 bits per heavy atom. The molecular weight excluding hydrogens is 207 g/mol. The number of halogens is 1. The average Bonchev–Trinajstić information content (AvgIpc) is 2.98. The second kappa shape index (κ2) is 3.06. The van der Waals surface area contributed by atoms with Crippen LogP contribution < -0.4 is 0 Å². The molecule has 1 saturated carbocycles. The number of hydrogen-bond acceptors (Lipinski definition) is 1. The first-order valence-corrected chi connectivity index (χ1v) is 5.65. The summed E-state index contributed by atoms with van der Waals surface area (Å²) >= 11 is 0. The van der Waals surface area contributed by atoms with E-state index >= 15 is 0 Å². The standard InChI is InChI=1S/C13H13FO2/c14-8-1-2-11-10(7-8)9(12(15)16)3-4-13(11)5-6-13/h1-2,7,9H,3-6H2,(H,15,16). The molecule has 0 saturated heterocycles. The van der Waals surface area contributed by atoms with Gasteiger partial charge in [0.1, 0.15) is 5.82 Å². The van der Waals surface area contributed by atoms with Crippen molar-refractivity contribution in [2.75, 3.05) is 0 Å². The molecule has 0 aliphatic heterocycles. The predicted octanol–water partition coefficient (Wildman–Crippen LogP) is 2.82. The summed E-state index contributed by atoms with van der Waals surface area (Å²) in [6.07, 6.45) is 3.82. The maximum absolute atomic E-state index is 13.2. The monoisotopic (exact) mass is 220 g/mol. The molecule has 0 bridgehead atoms. The Balaban J connectivity index is 2.14. The van der Waals surface area contributed by atoms with Crippen molar-refractivity contribution >= 4 is 5.97 Å². The first-order chi connectivity index (χ1) is 7.62. The topological polar surface area (TPSA) is 37.3 Å². The van der Waals surface area contributed by atoms with Gasteiger partial charge >= 0.3 is 5.97 Å². The zero-order chi connectivity index (χ0) is 11.3. The van der Waals surface area contributed by atoms with E-state index in [4.69, 9.17) is 5.11 Å². The van der Waals surface area contributed by atoms with E-state index in [2.05, 4.69) is 0 Å². The van der Waals surface area contributed by atoms with Crippen LogP contribution in [0.2, 0.25) is 0 Å². The maximum atomic E-state index is 13.2. The minimum absolute atomic E-state index is 0.189. The zero-order valence-corrected chi connectivity index (χ0v) is 8.87. The van der Waals surface area contributed by atoms with Crippen molar-refractivity contribution < 1.29 is 14.3 Å². The highest BCUT2D eigenvalue weighted by Crippen LogP contribution is 2.57. The number of aliphatic carboxylic acids is 1. The van der Waals surface area contributed by atoms with Crippen molar-refractivity contribution in [2.45, 2.75) is 37.0 Å². The molecule has 1 N–H and O–H groups in total. The van der Waals surface area contributed by atoms with Crippen LogP contribution in [0.15, 0.2) is 18.2 Å². The van der Waals surface area contributed by atoms with Gasteiger partial charge in [0.15, 0.2) is 0 Å². The van der Waals surface area contributed by atoms with Crippen LogP contribution in [0.25, 0.3) is 0 Å². The molecule has 0 amide bonds. The molecule has 84 valence electrons. The van der Waals surface area contributed by atoms with E-state index in [1.54, 1.807) is 6.07 Å². The van der Waals surface area contributed by atoms with Crippen molar-refractivity contribution in [2.24, 2.45) is 0 Å². The van der Waals surface area contributed by atoms with Crippen LogP contribution in [0.5, 0.6) is 0 Å². The zero-order valence-electron chi connectivity index (χ0n) is 8.87. The fraction of sp³-hybridized carbons (Fsp3) is 0.462. The van der Waals surface area contributed by atoms with Crippen LogP contribution >= 0.6 is 0 Å². The Morgan fingerprint density at radius 3 is 2.75 bits per heavy atom. The lowest BCUT2D eigenvalue weighted by Gasteiger charge is -2.29. The summed E-state index contributed by atoms with van der Waals surface area (Å²) in [4.78, 5) is 11.1. The van der Waals surface area contributed by atoms with Gasteiger partial charge in [0, 0.05) is 0 Å². The Hall–Kier alpha value is -1.38. The summed E-state index contributed by atoms with van der Waals surface area (Å²) in [5.74, 6) is -1.68. The van der Waals surface area contributed by atoms with Gasteiger partial charge in [0.25, 0.3) is 0 Å². The number of benzene rings is 1. The summed E-state index contributed by atoms with van der Waals surface area (Å²) in [5, 5.41) is 9.14. The van der Waals surface area contributed by atoms with Gasteiger partial charge < -0.3 is 5.11 Å². The number of rotatable bonds is 1. The smallest absolute Gasteiger partial charge is 0.310 e. The molecule has 1 unspecified atom stereocenters. The van der Waals surface area contributed by atoms with E-state index in [1.165, 1.54) is 12.1 Å². The minimum Gasteiger partial charge on any atom is -0.481 e. The third-order valence-electron chi connectivity index (χ3n) is 4.02. The van der Waals surface area contributed by atoms with Gasteiger partial charge in [-0.25, -0.2) is 4.39 Å². The first-order valence-electron chi connectivity index (χ1n) is 5.65. The van der Waals surface area contributed by atoms with Crippen molar-refractivity contribution in [3.05, 3.63) is 35.1 Å². The van der Waals surface area contributed by atoms with E-state index in [0.717, 1.165) is 24.8 Å². The van der Waals surface area contributed by atoms with Crippen LogP contribution in [-0.2, 0) is 10.2 Å². The van der Waals surface area contributed by atoms with E-state index in [-0.39, 0.29) is 11.2 Å². The van der Waals surface area contributed by atoms with Gasteiger partial charge in [0.2, 0.25) is 0 Å². The lowest BCUT2D eigenvalue weighted by Crippen LogP contribution is -2.24. The van der Waals surface area contributed by atoms with Gasteiger partial charge in [-0.15, -0.1) is 0 Å². The summed E-state index contributed by atoms with van der Waals surface area (Å²) in [6, 6.07) is 4.64. The molecule has 0 aromatic heterocycles. The highest BCUT2D eigenvalue weighted by atomic mass is 19.1. The molecular formula is C13H13FO2. The molecule has 3 rings (SSSR count). The number of carboxylic acids is 1. The van der Waals surface area contributed by atoms with Crippen molar-refractivity contribution in [1.82, 2.24) is 0 Å². The van der Waals surface area contributed by atoms with Crippen LogP contribution in [0.4, 0.5) is 4.39 Å². The fourth-order valence-corrected chi connectivity index (χ4v) is 2.94. The molecule has 1 spiro atoms. The summed E-state index contributed by atoms with van der Waals surface area (Å²) < 4.78 is 13.2. The summed E-state index contributed by atoms with van der Waals surface area (Å²) in [5.41, 5.74) is 1.97. The van der Waals surface area contributed by atoms with E-state index in [9.17, 15) is 9.18 Å². The molecule has 2 aliphatic carbocycles. The predicted molar refractivity (Wildman–Crippen MR) is 56.9 cm³/mol. The van der Waals surface area contributed by atoms with Crippen LogP contribution in [-0.4, -0.2) is 11.1 Å². The van der Waals surface area contributed by atoms with Gasteiger partial charge in [-0.05, 0) is 54.4 Å². The van der Waals surface area contributed by atoms with Gasteiger partial charge in [-0.3, -0.25) is 4.79 Å². The van der Waals surface area contributed by atoms with Crippen LogP contribution in [0.3, 0.4) is 0 Å². The largest absolute Gasteiger partial charge is 0.481 e. The van der Waals surface area contributed by atoms with Crippen molar-refractivity contribution in [1.29, 1.82) is 0 Å². The summed E-state index contributed by atoms with van der Waals surface area (Å²) in [6.45, 7) is 0. The fourth-order valence-electron chi connectivity index (χ4n) is 2.94. The Kier molecular flexibility index (Phi) is 1.88. The van der Waals surface area contributed by atoms with E-state index in [1.807, 2.05) is 0 Å². The SMILES string of the molecule is O=C(O)C1CCC2(CC2)c2ccc(F)cc21. The van der Waals surface area contributed by atoms with Gasteiger partial charge in [-0.1, -0.05) is 6.07 Å². The van der Waals surface area contributed by atoms with E-state index in [0.29, 0.717) is 12.0 Å². The molecule has 3 heteroatoms. The van der Waals surface area contributed by atoms with Crippen molar-refractivity contribution in [3.63, 3.8) is 0 Å². The van der Waals surface area contributed by atoms with Gasteiger partial charge in [0.05, 0.1) is 5.92 Å². The minimum atomic E-state index is -0.831. The third kappa shape index (κ3) is 1.27. The molecule has 1 atom stereocenters. The molecule has 2 nitrogen and oxygen atoms in total. The Labute approximate surface area is 93.1 Å². The average molecular weight is 220 g/mol. The Morgan fingerprint density at radius 2 is 2.12 bits per heavy atom. The molecule has 0 radical (unpaired) electrons. The molecule has 2 aliphatic rings. The lowest BCUT2D eigenvalue weighted by atomic mass is 9.74. The number of carbonyl (C=O) groups is 1. The molecule has 1 aromatic carbocycles. The highest BCUT2D eigenvalue weighted by molar-refractivity contribution is 5.77. The van der Waals surface area contributed by atoms with Gasteiger partial charge in [-0.2, -0.15) is 0 Å². The maximum Gasteiger partial charge on any atom is 0.310 e. The molecule has 1 aromatic rings. The molecule has 16 heavy (non-hydrogen) atoms. The highest BCUT2D eigenvalue weighted by Gasteiger charge is 2.49. The second-order valence-electron chi connectivity index (χ2n) is 4.94. The first kappa shape index (κ1) is 9.82. The lowest BCUT2D eigenvalue weighted by molar-refractivity contribution is -0.139. The third-order valence-corrected chi connectivity index (χ3v) is 4.02. The normalized spacial score (nSPS) is 25.2. The molecule has 0 heterocycles. The quantitative estimate of drug-likeness (QED) is 0.790. The van der Waals surface area contributed by atoms with Crippen molar-refractivity contribution in [3.8, 4) is 0 Å². The number of hydrogen-bond donors (Lipinski definition) is 1. The number of fused-ring (bicyclic) bond motifs is 2. The van der Waals surface area contributed by atoms with E-state index < -0.39 is 11.9 Å². The van der Waals surface area contributed by atoms with Crippen LogP contribution in [0, 0.1) is 5.82 Å².